The first-order valence-corrected chi connectivity index (χ1v) is 11.1. The molecule has 0 radical (unpaired) electrons. The second-order valence-electron chi connectivity index (χ2n) is 7.09. The van der Waals surface area contributed by atoms with E-state index in [1.807, 2.05) is 55.5 Å². The lowest BCUT2D eigenvalue weighted by molar-refractivity contribution is -0.118. The maximum atomic E-state index is 12.4. The Kier molecular flexibility index (Phi) is 5.15. The van der Waals surface area contributed by atoms with Gasteiger partial charge in [-0.1, -0.05) is 36.4 Å². The maximum Gasteiger partial charge on any atom is 0.262 e. The zero-order valence-corrected chi connectivity index (χ0v) is 16.9. The van der Waals surface area contributed by atoms with E-state index in [4.69, 9.17) is 4.74 Å². The molecule has 1 fully saturated rings. The Labute approximate surface area is 170 Å². The average Bonchev–Trinajstić information content (AvgIpc) is 3.07. The third kappa shape index (κ3) is 4.19. The van der Waals surface area contributed by atoms with Gasteiger partial charge < -0.3 is 10.1 Å². The lowest BCUT2D eigenvalue weighted by Gasteiger charge is -2.19. The standard InChI is InChI=1S/C22H22N2O4S/c1-16-7-9-19(24-11-4-12-29(24,26)27)14-21(16)23-22(25)15-28-20-10-8-17-5-2-3-6-18(17)13-20/h2-3,5-10,13-14H,4,11-12,15H2,1H3,(H,23,25). The predicted molar refractivity (Wildman–Crippen MR) is 115 cm³/mol. The second-order valence-corrected chi connectivity index (χ2v) is 9.10. The summed E-state index contributed by atoms with van der Waals surface area (Å²) in [6, 6.07) is 18.9. The van der Waals surface area contributed by atoms with Gasteiger partial charge in [-0.2, -0.15) is 0 Å². The molecule has 6 nitrogen and oxygen atoms in total. The van der Waals surface area contributed by atoms with Gasteiger partial charge in [0.05, 0.1) is 11.4 Å². The molecule has 1 N–H and O–H groups in total. The molecular formula is C22H22N2O4S. The highest BCUT2D eigenvalue weighted by Gasteiger charge is 2.28. The minimum Gasteiger partial charge on any atom is -0.484 e. The highest BCUT2D eigenvalue weighted by atomic mass is 32.2. The number of nitrogens with one attached hydrogen (secondary N) is 1. The summed E-state index contributed by atoms with van der Waals surface area (Å²) in [5.41, 5.74) is 2.00. The van der Waals surface area contributed by atoms with Crippen LogP contribution in [0.5, 0.6) is 5.75 Å². The SMILES string of the molecule is Cc1ccc(N2CCCS2(=O)=O)cc1NC(=O)COc1ccc2ccccc2c1. The number of nitrogens with zero attached hydrogens (tertiary/aromatic N) is 1. The first-order valence-electron chi connectivity index (χ1n) is 9.45. The van der Waals surface area contributed by atoms with Crippen molar-refractivity contribution in [2.24, 2.45) is 0 Å². The summed E-state index contributed by atoms with van der Waals surface area (Å²) in [4.78, 5) is 12.4. The van der Waals surface area contributed by atoms with Crippen LogP contribution in [0.25, 0.3) is 10.8 Å². The Morgan fingerprint density at radius 1 is 1.07 bits per heavy atom. The number of amides is 1. The Balaban J connectivity index is 1.44. The molecule has 0 atom stereocenters. The van der Waals surface area contributed by atoms with E-state index in [0.29, 0.717) is 30.1 Å². The molecule has 0 bridgehead atoms. The lowest BCUT2D eigenvalue weighted by Crippen LogP contribution is -2.25. The minimum atomic E-state index is -3.27. The number of hydrogen-bond donors (Lipinski definition) is 1. The summed E-state index contributed by atoms with van der Waals surface area (Å²) in [5.74, 6) is 0.470. The van der Waals surface area contributed by atoms with Crippen LogP contribution in [0.15, 0.2) is 60.7 Å². The quantitative estimate of drug-likeness (QED) is 0.696. The first kappa shape index (κ1) is 19.3. The van der Waals surface area contributed by atoms with Crippen molar-refractivity contribution in [2.45, 2.75) is 13.3 Å². The van der Waals surface area contributed by atoms with Gasteiger partial charge in [0, 0.05) is 12.2 Å². The number of fused-ring (bicyclic) bond motifs is 1. The fourth-order valence-electron chi connectivity index (χ4n) is 3.42. The van der Waals surface area contributed by atoms with E-state index in [1.165, 1.54) is 4.31 Å². The summed E-state index contributed by atoms with van der Waals surface area (Å²) < 4.78 is 31.3. The fourth-order valence-corrected chi connectivity index (χ4v) is 4.98. The van der Waals surface area contributed by atoms with Crippen molar-refractivity contribution in [3.8, 4) is 5.75 Å². The van der Waals surface area contributed by atoms with E-state index in [-0.39, 0.29) is 18.3 Å². The van der Waals surface area contributed by atoms with Crippen LogP contribution in [-0.4, -0.2) is 33.2 Å². The lowest BCUT2D eigenvalue weighted by atomic mass is 10.1. The largest absolute Gasteiger partial charge is 0.484 e. The van der Waals surface area contributed by atoms with Gasteiger partial charge in [-0.3, -0.25) is 9.10 Å². The van der Waals surface area contributed by atoms with Crippen LogP contribution < -0.4 is 14.4 Å². The molecule has 1 aliphatic rings. The molecule has 1 saturated heterocycles. The van der Waals surface area contributed by atoms with E-state index in [9.17, 15) is 13.2 Å². The molecule has 7 heteroatoms. The molecular weight excluding hydrogens is 388 g/mol. The number of sulfonamides is 1. The van der Waals surface area contributed by atoms with Gasteiger partial charge in [0.1, 0.15) is 5.75 Å². The maximum absolute atomic E-state index is 12.4. The average molecular weight is 410 g/mol. The zero-order valence-electron chi connectivity index (χ0n) is 16.1. The summed E-state index contributed by atoms with van der Waals surface area (Å²) in [6.07, 6.45) is 0.609. The summed E-state index contributed by atoms with van der Waals surface area (Å²) >= 11 is 0. The molecule has 0 unspecified atom stereocenters. The number of rotatable bonds is 5. The second kappa shape index (κ2) is 7.75. The summed E-state index contributed by atoms with van der Waals surface area (Å²) in [6.45, 7) is 2.19. The number of aryl methyl sites for hydroxylation is 1. The van der Waals surface area contributed by atoms with Crippen molar-refractivity contribution in [1.29, 1.82) is 0 Å². The molecule has 3 aromatic carbocycles. The van der Waals surface area contributed by atoms with E-state index < -0.39 is 10.0 Å². The van der Waals surface area contributed by atoms with Crippen LogP contribution in [-0.2, 0) is 14.8 Å². The molecule has 0 spiro atoms. The number of carbonyl (C=O) groups excluding carboxylic acids is 1. The number of benzene rings is 3. The Bertz CT molecular complexity index is 1170. The van der Waals surface area contributed by atoms with Crippen molar-refractivity contribution in [1.82, 2.24) is 0 Å². The van der Waals surface area contributed by atoms with E-state index in [1.54, 1.807) is 12.1 Å². The Hall–Kier alpha value is -3.06. The van der Waals surface area contributed by atoms with Gasteiger partial charge in [0.25, 0.3) is 5.91 Å². The van der Waals surface area contributed by atoms with Gasteiger partial charge in [-0.25, -0.2) is 8.42 Å². The molecule has 4 rings (SSSR count). The van der Waals surface area contributed by atoms with Gasteiger partial charge in [-0.15, -0.1) is 0 Å². The number of hydrogen-bond acceptors (Lipinski definition) is 4. The van der Waals surface area contributed by atoms with Crippen LogP contribution in [0.2, 0.25) is 0 Å². The molecule has 3 aromatic rings. The van der Waals surface area contributed by atoms with Crippen molar-refractivity contribution in [3.05, 3.63) is 66.2 Å². The number of ether oxygens (including phenoxy) is 1. The summed E-state index contributed by atoms with van der Waals surface area (Å²) in [7, 11) is -3.27. The van der Waals surface area contributed by atoms with Crippen LogP contribution in [0, 0.1) is 6.92 Å². The van der Waals surface area contributed by atoms with Crippen LogP contribution in [0.3, 0.4) is 0 Å². The molecule has 1 heterocycles. The Morgan fingerprint density at radius 3 is 2.62 bits per heavy atom. The first-order chi connectivity index (χ1) is 13.9. The molecule has 0 aliphatic carbocycles. The molecule has 0 aromatic heterocycles. The zero-order chi connectivity index (χ0) is 20.4. The molecule has 1 amide bonds. The van der Waals surface area contributed by atoms with Gasteiger partial charge >= 0.3 is 0 Å². The van der Waals surface area contributed by atoms with E-state index >= 15 is 0 Å². The summed E-state index contributed by atoms with van der Waals surface area (Å²) in [5, 5.41) is 4.97. The monoisotopic (exact) mass is 410 g/mol. The fraction of sp³-hybridized carbons (Fsp3) is 0.227. The van der Waals surface area contributed by atoms with Gasteiger partial charge in [0.2, 0.25) is 10.0 Å². The van der Waals surface area contributed by atoms with Crippen molar-refractivity contribution in [3.63, 3.8) is 0 Å². The smallest absolute Gasteiger partial charge is 0.262 e. The molecule has 150 valence electrons. The van der Waals surface area contributed by atoms with Crippen LogP contribution in [0.1, 0.15) is 12.0 Å². The number of anilines is 2. The number of carbonyl (C=O) groups is 1. The predicted octanol–water partition coefficient (Wildman–Crippen LogP) is 3.71. The van der Waals surface area contributed by atoms with Gasteiger partial charge in [-0.05, 0) is 53.9 Å². The van der Waals surface area contributed by atoms with Crippen molar-refractivity contribution >= 4 is 38.1 Å². The third-order valence-electron chi connectivity index (χ3n) is 4.97. The topological polar surface area (TPSA) is 75.7 Å². The molecule has 0 saturated carbocycles. The van der Waals surface area contributed by atoms with Crippen LogP contribution in [0.4, 0.5) is 11.4 Å². The van der Waals surface area contributed by atoms with E-state index in [2.05, 4.69) is 5.32 Å². The van der Waals surface area contributed by atoms with Crippen molar-refractivity contribution < 1.29 is 17.9 Å². The minimum absolute atomic E-state index is 0.135. The highest BCUT2D eigenvalue weighted by Crippen LogP contribution is 2.28. The Morgan fingerprint density at radius 2 is 1.86 bits per heavy atom. The molecule has 29 heavy (non-hydrogen) atoms. The normalized spacial score (nSPS) is 15.4. The van der Waals surface area contributed by atoms with E-state index in [0.717, 1.165) is 16.3 Å². The van der Waals surface area contributed by atoms with Gasteiger partial charge in [0.15, 0.2) is 6.61 Å². The van der Waals surface area contributed by atoms with Crippen LogP contribution >= 0.6 is 0 Å². The third-order valence-corrected chi connectivity index (χ3v) is 6.84. The highest BCUT2D eigenvalue weighted by molar-refractivity contribution is 7.93. The van der Waals surface area contributed by atoms with Crippen molar-refractivity contribution in [2.75, 3.05) is 28.5 Å². The molecule has 1 aliphatic heterocycles.